The summed E-state index contributed by atoms with van der Waals surface area (Å²) in [4.78, 5) is 33.9. The molecule has 1 unspecified atom stereocenters. The molecular weight excluding hydrogens is 234 g/mol. The van der Waals surface area contributed by atoms with Gasteiger partial charge in [0.25, 0.3) is 0 Å². The standard InChI is InChI=1S/C13H15NO4/c1-8(15)7-12(16)9(2)18-13(17)10-3-5-11(14)6-4-10/h3-6,9H,7,14H2,1-2H3. The van der Waals surface area contributed by atoms with Crippen molar-refractivity contribution < 1.29 is 19.1 Å². The van der Waals surface area contributed by atoms with E-state index in [9.17, 15) is 14.4 Å². The van der Waals surface area contributed by atoms with Crippen molar-refractivity contribution in [3.63, 3.8) is 0 Å². The van der Waals surface area contributed by atoms with Crippen LogP contribution in [0.4, 0.5) is 5.69 Å². The monoisotopic (exact) mass is 249 g/mol. The van der Waals surface area contributed by atoms with Crippen LogP contribution in [0.1, 0.15) is 30.6 Å². The average molecular weight is 249 g/mol. The molecule has 5 heteroatoms. The van der Waals surface area contributed by atoms with Gasteiger partial charge in [-0.25, -0.2) is 4.79 Å². The van der Waals surface area contributed by atoms with E-state index in [2.05, 4.69) is 0 Å². The number of ether oxygens (including phenoxy) is 1. The number of hydrogen-bond acceptors (Lipinski definition) is 5. The van der Waals surface area contributed by atoms with Crippen LogP contribution in [0.15, 0.2) is 24.3 Å². The Bertz CT molecular complexity index is 464. The fourth-order valence-electron chi connectivity index (χ4n) is 1.30. The zero-order chi connectivity index (χ0) is 13.7. The van der Waals surface area contributed by atoms with Crippen molar-refractivity contribution in [2.24, 2.45) is 0 Å². The summed E-state index contributed by atoms with van der Waals surface area (Å²) < 4.78 is 4.96. The van der Waals surface area contributed by atoms with Crippen LogP contribution in [-0.4, -0.2) is 23.6 Å². The summed E-state index contributed by atoms with van der Waals surface area (Å²) in [5.74, 6) is -1.28. The van der Waals surface area contributed by atoms with Crippen molar-refractivity contribution in [3.05, 3.63) is 29.8 Å². The predicted octanol–water partition coefficient (Wildman–Crippen LogP) is 1.36. The van der Waals surface area contributed by atoms with Gasteiger partial charge in [0.1, 0.15) is 5.78 Å². The van der Waals surface area contributed by atoms with Crippen LogP contribution in [0.3, 0.4) is 0 Å². The van der Waals surface area contributed by atoms with Gasteiger partial charge in [-0.15, -0.1) is 0 Å². The smallest absolute Gasteiger partial charge is 0.338 e. The molecule has 0 aliphatic heterocycles. The summed E-state index contributed by atoms with van der Waals surface area (Å²) in [7, 11) is 0. The van der Waals surface area contributed by atoms with Gasteiger partial charge in [-0.1, -0.05) is 0 Å². The lowest BCUT2D eigenvalue weighted by Crippen LogP contribution is -2.25. The maximum Gasteiger partial charge on any atom is 0.338 e. The van der Waals surface area contributed by atoms with Crippen molar-refractivity contribution in [1.82, 2.24) is 0 Å². The summed E-state index contributed by atoms with van der Waals surface area (Å²) in [6.45, 7) is 2.76. The number of ketones is 2. The number of carbonyl (C=O) groups is 3. The maximum absolute atomic E-state index is 11.7. The van der Waals surface area contributed by atoms with E-state index in [4.69, 9.17) is 10.5 Å². The fourth-order valence-corrected chi connectivity index (χ4v) is 1.30. The van der Waals surface area contributed by atoms with Gasteiger partial charge in [0.2, 0.25) is 0 Å². The molecule has 96 valence electrons. The third kappa shape index (κ3) is 4.01. The zero-order valence-corrected chi connectivity index (χ0v) is 10.3. The molecule has 0 saturated carbocycles. The highest BCUT2D eigenvalue weighted by Gasteiger charge is 2.19. The van der Waals surface area contributed by atoms with Crippen LogP contribution in [0.2, 0.25) is 0 Å². The summed E-state index contributed by atoms with van der Waals surface area (Å²) >= 11 is 0. The molecule has 1 rings (SSSR count). The van der Waals surface area contributed by atoms with Crippen molar-refractivity contribution in [3.8, 4) is 0 Å². The van der Waals surface area contributed by atoms with Crippen LogP contribution >= 0.6 is 0 Å². The van der Waals surface area contributed by atoms with E-state index in [0.29, 0.717) is 11.3 Å². The van der Waals surface area contributed by atoms with Crippen LogP contribution in [0, 0.1) is 0 Å². The molecule has 0 aliphatic rings. The van der Waals surface area contributed by atoms with Gasteiger partial charge < -0.3 is 10.5 Å². The third-order valence-corrected chi connectivity index (χ3v) is 2.31. The Morgan fingerprint density at radius 3 is 2.28 bits per heavy atom. The van der Waals surface area contributed by atoms with Crippen molar-refractivity contribution >= 4 is 23.2 Å². The van der Waals surface area contributed by atoms with Gasteiger partial charge in [-0.3, -0.25) is 9.59 Å². The van der Waals surface area contributed by atoms with E-state index in [-0.39, 0.29) is 12.2 Å². The van der Waals surface area contributed by atoms with Crippen molar-refractivity contribution in [2.75, 3.05) is 5.73 Å². The topological polar surface area (TPSA) is 86.5 Å². The van der Waals surface area contributed by atoms with Crippen LogP contribution < -0.4 is 5.73 Å². The lowest BCUT2D eigenvalue weighted by atomic mass is 10.1. The number of rotatable bonds is 5. The number of hydrogen-bond donors (Lipinski definition) is 1. The van der Waals surface area contributed by atoms with E-state index in [1.54, 1.807) is 12.1 Å². The van der Waals surface area contributed by atoms with Gasteiger partial charge in [0.05, 0.1) is 12.0 Å². The number of nitrogen functional groups attached to an aromatic ring is 1. The first kappa shape index (κ1) is 13.9. The third-order valence-electron chi connectivity index (χ3n) is 2.31. The van der Waals surface area contributed by atoms with Gasteiger partial charge in [-0.2, -0.15) is 0 Å². The number of esters is 1. The highest BCUT2D eigenvalue weighted by atomic mass is 16.5. The van der Waals surface area contributed by atoms with Gasteiger partial charge in [-0.05, 0) is 38.1 Å². The molecule has 1 atom stereocenters. The first-order valence-corrected chi connectivity index (χ1v) is 5.49. The van der Waals surface area contributed by atoms with E-state index in [1.807, 2.05) is 0 Å². The predicted molar refractivity (Wildman–Crippen MR) is 66.0 cm³/mol. The van der Waals surface area contributed by atoms with Crippen LogP contribution in [0.5, 0.6) is 0 Å². The van der Waals surface area contributed by atoms with Gasteiger partial charge in [0, 0.05) is 5.69 Å². The Labute approximate surface area is 105 Å². The second-order valence-electron chi connectivity index (χ2n) is 4.01. The number of anilines is 1. The number of Topliss-reactive ketones (excluding diaryl/α,β-unsaturated/α-hetero) is 2. The molecule has 0 aliphatic carbocycles. The number of carbonyl (C=O) groups excluding carboxylic acids is 3. The second-order valence-corrected chi connectivity index (χ2v) is 4.01. The van der Waals surface area contributed by atoms with E-state index < -0.39 is 17.9 Å². The normalized spacial score (nSPS) is 11.7. The fraction of sp³-hybridized carbons (Fsp3) is 0.308. The van der Waals surface area contributed by atoms with Gasteiger partial charge >= 0.3 is 5.97 Å². The van der Waals surface area contributed by atoms with Crippen LogP contribution in [0.25, 0.3) is 0 Å². The van der Waals surface area contributed by atoms with E-state index in [1.165, 1.54) is 26.0 Å². The lowest BCUT2D eigenvalue weighted by Gasteiger charge is -2.11. The Hall–Kier alpha value is -2.17. The molecule has 0 saturated heterocycles. The number of benzene rings is 1. The molecule has 0 amide bonds. The highest BCUT2D eigenvalue weighted by Crippen LogP contribution is 2.09. The molecule has 1 aromatic carbocycles. The minimum atomic E-state index is -0.932. The molecule has 5 nitrogen and oxygen atoms in total. The SMILES string of the molecule is CC(=O)CC(=O)C(C)OC(=O)c1ccc(N)cc1. The molecule has 0 bridgehead atoms. The summed E-state index contributed by atoms with van der Waals surface area (Å²) in [5.41, 5.74) is 6.33. The molecule has 1 aromatic rings. The molecule has 18 heavy (non-hydrogen) atoms. The summed E-state index contributed by atoms with van der Waals surface area (Å²) in [6, 6.07) is 6.16. The zero-order valence-electron chi connectivity index (χ0n) is 10.3. The molecule has 0 aromatic heterocycles. The lowest BCUT2D eigenvalue weighted by molar-refractivity contribution is -0.131. The largest absolute Gasteiger partial charge is 0.451 e. The summed E-state index contributed by atoms with van der Waals surface area (Å²) in [5, 5.41) is 0. The molecule has 2 N–H and O–H groups in total. The van der Waals surface area contributed by atoms with E-state index in [0.717, 1.165) is 0 Å². The molecule has 0 radical (unpaired) electrons. The Balaban J connectivity index is 2.62. The molecular formula is C13H15NO4. The van der Waals surface area contributed by atoms with Crippen molar-refractivity contribution in [1.29, 1.82) is 0 Å². The Morgan fingerprint density at radius 1 is 1.22 bits per heavy atom. The molecule has 0 fully saturated rings. The molecule has 0 heterocycles. The molecule has 0 spiro atoms. The minimum Gasteiger partial charge on any atom is -0.451 e. The Kier molecular flexibility index (Phi) is 4.59. The van der Waals surface area contributed by atoms with Crippen LogP contribution in [-0.2, 0) is 14.3 Å². The highest BCUT2D eigenvalue weighted by molar-refractivity contribution is 6.01. The van der Waals surface area contributed by atoms with Crippen molar-refractivity contribution in [2.45, 2.75) is 26.4 Å². The number of nitrogens with two attached hydrogens (primary N) is 1. The minimum absolute atomic E-state index is 0.226. The second kappa shape index (κ2) is 5.95. The quantitative estimate of drug-likeness (QED) is 0.483. The maximum atomic E-state index is 11.7. The Morgan fingerprint density at radius 2 is 1.78 bits per heavy atom. The summed E-state index contributed by atoms with van der Waals surface area (Å²) in [6.07, 6.45) is -1.16. The van der Waals surface area contributed by atoms with Gasteiger partial charge in [0.15, 0.2) is 11.9 Å². The first-order chi connectivity index (χ1) is 8.40. The average Bonchev–Trinajstić information content (AvgIpc) is 2.28. The first-order valence-electron chi connectivity index (χ1n) is 5.49. The van der Waals surface area contributed by atoms with E-state index >= 15 is 0 Å².